The summed E-state index contributed by atoms with van der Waals surface area (Å²) in [5.74, 6) is -0.852. The number of ether oxygens (including phenoxy) is 3. The molecule has 0 fully saturated rings. The van der Waals surface area contributed by atoms with Crippen LogP contribution in [-0.4, -0.2) is 37.2 Å². The summed E-state index contributed by atoms with van der Waals surface area (Å²) in [6, 6.07) is 0. The van der Waals surface area contributed by atoms with Gasteiger partial charge in [0.05, 0.1) is 0 Å². The van der Waals surface area contributed by atoms with E-state index in [9.17, 15) is 14.4 Å². The highest BCUT2D eigenvalue weighted by atomic mass is 16.6. The fourth-order valence-corrected chi connectivity index (χ4v) is 9.20. The summed E-state index contributed by atoms with van der Waals surface area (Å²) >= 11 is 0. The second-order valence-corrected chi connectivity index (χ2v) is 21.0. The molecule has 6 heteroatoms. The maximum atomic E-state index is 12.8. The van der Waals surface area contributed by atoms with Gasteiger partial charge in [0.15, 0.2) is 6.10 Å². The molecule has 0 N–H and O–H groups in total. The van der Waals surface area contributed by atoms with E-state index < -0.39 is 6.10 Å². The highest BCUT2D eigenvalue weighted by Crippen LogP contribution is 2.17. The highest BCUT2D eigenvalue weighted by Gasteiger charge is 2.19. The van der Waals surface area contributed by atoms with Crippen LogP contribution in [0, 0.1) is 0 Å². The normalized spacial score (nSPS) is 12.3. The average molecular weight is 996 g/mol. The van der Waals surface area contributed by atoms with E-state index in [1.807, 2.05) is 0 Å². The molecule has 1 atom stereocenters. The van der Waals surface area contributed by atoms with Crippen LogP contribution in [0.5, 0.6) is 0 Å². The number of esters is 3. The van der Waals surface area contributed by atoms with Crippen LogP contribution < -0.4 is 0 Å². The van der Waals surface area contributed by atoms with E-state index in [0.717, 1.165) is 83.5 Å². The van der Waals surface area contributed by atoms with Crippen LogP contribution in [0.2, 0.25) is 0 Å². The fraction of sp³-hybridized carbons (Fsp3) is 0.831. The van der Waals surface area contributed by atoms with Crippen LogP contribution in [0.15, 0.2) is 48.6 Å². The maximum absolute atomic E-state index is 12.8. The first-order valence-corrected chi connectivity index (χ1v) is 31.1. The molecular weight excluding hydrogens is 877 g/mol. The van der Waals surface area contributed by atoms with E-state index in [1.54, 1.807) is 0 Å². The van der Waals surface area contributed by atoms with Crippen molar-refractivity contribution in [1.82, 2.24) is 0 Å². The molecule has 0 amide bonds. The summed E-state index contributed by atoms with van der Waals surface area (Å²) in [7, 11) is 0. The van der Waals surface area contributed by atoms with Gasteiger partial charge in [0.25, 0.3) is 0 Å². The zero-order chi connectivity index (χ0) is 51.4. The Morgan fingerprint density at radius 2 is 0.549 bits per heavy atom. The zero-order valence-electron chi connectivity index (χ0n) is 47.5. The molecule has 0 aliphatic carbocycles. The smallest absolute Gasteiger partial charge is 0.306 e. The summed E-state index contributed by atoms with van der Waals surface area (Å²) < 4.78 is 16.8. The van der Waals surface area contributed by atoms with E-state index in [0.29, 0.717) is 19.3 Å². The van der Waals surface area contributed by atoms with Crippen molar-refractivity contribution in [2.75, 3.05) is 13.2 Å². The van der Waals surface area contributed by atoms with Gasteiger partial charge in [-0.25, -0.2) is 0 Å². The monoisotopic (exact) mass is 995 g/mol. The molecule has 414 valence electrons. The molecule has 71 heavy (non-hydrogen) atoms. The lowest BCUT2D eigenvalue weighted by Crippen LogP contribution is -2.30. The fourth-order valence-electron chi connectivity index (χ4n) is 9.20. The minimum absolute atomic E-state index is 0.0661. The molecule has 0 saturated carbocycles. The minimum Gasteiger partial charge on any atom is -0.462 e. The van der Waals surface area contributed by atoms with Crippen molar-refractivity contribution in [1.29, 1.82) is 0 Å². The Hall–Kier alpha value is -2.63. The van der Waals surface area contributed by atoms with Crippen molar-refractivity contribution in [3.05, 3.63) is 48.6 Å². The molecule has 0 aliphatic rings. The molecule has 0 spiro atoms. The highest BCUT2D eigenvalue weighted by molar-refractivity contribution is 5.71. The summed E-state index contributed by atoms with van der Waals surface area (Å²) in [6.45, 7) is 6.53. The lowest BCUT2D eigenvalue weighted by molar-refractivity contribution is -0.167. The van der Waals surface area contributed by atoms with Crippen molar-refractivity contribution < 1.29 is 28.6 Å². The predicted molar refractivity (Wildman–Crippen MR) is 307 cm³/mol. The van der Waals surface area contributed by atoms with Crippen LogP contribution in [-0.2, 0) is 28.6 Å². The van der Waals surface area contributed by atoms with Crippen molar-refractivity contribution >= 4 is 17.9 Å². The third-order valence-electron chi connectivity index (χ3n) is 13.8. The quantitative estimate of drug-likeness (QED) is 0.0261. The summed E-state index contributed by atoms with van der Waals surface area (Å²) in [5, 5.41) is 0. The Morgan fingerprint density at radius 1 is 0.296 bits per heavy atom. The molecule has 0 aromatic heterocycles. The van der Waals surface area contributed by atoms with Crippen LogP contribution >= 0.6 is 0 Å². The van der Waals surface area contributed by atoms with Gasteiger partial charge in [-0.1, -0.05) is 301 Å². The topological polar surface area (TPSA) is 78.9 Å². The third kappa shape index (κ3) is 58.1. The molecule has 1 unspecified atom stereocenters. The largest absolute Gasteiger partial charge is 0.462 e. The molecule has 0 bridgehead atoms. The second kappa shape index (κ2) is 59.9. The molecule has 0 aliphatic heterocycles. The minimum atomic E-state index is -0.764. The zero-order valence-corrected chi connectivity index (χ0v) is 47.5. The van der Waals surface area contributed by atoms with E-state index in [-0.39, 0.29) is 31.1 Å². The molecule has 0 radical (unpaired) electrons. The Kier molecular flexibility index (Phi) is 57.7. The van der Waals surface area contributed by atoms with Crippen molar-refractivity contribution in [2.45, 2.75) is 335 Å². The second-order valence-electron chi connectivity index (χ2n) is 21.0. The van der Waals surface area contributed by atoms with E-state index in [2.05, 4.69) is 69.4 Å². The van der Waals surface area contributed by atoms with Crippen molar-refractivity contribution in [2.24, 2.45) is 0 Å². The van der Waals surface area contributed by atoms with Gasteiger partial charge < -0.3 is 14.2 Å². The van der Waals surface area contributed by atoms with Crippen molar-refractivity contribution in [3.8, 4) is 0 Å². The number of rotatable bonds is 57. The average Bonchev–Trinajstić information content (AvgIpc) is 3.37. The van der Waals surface area contributed by atoms with Crippen LogP contribution in [0.4, 0.5) is 0 Å². The molecule has 0 aromatic carbocycles. The Labute approximate surface area is 441 Å². The van der Waals surface area contributed by atoms with Crippen LogP contribution in [0.25, 0.3) is 0 Å². The van der Waals surface area contributed by atoms with Gasteiger partial charge in [0.1, 0.15) is 13.2 Å². The van der Waals surface area contributed by atoms with Gasteiger partial charge in [-0.2, -0.15) is 0 Å². The van der Waals surface area contributed by atoms with E-state index in [1.165, 1.54) is 205 Å². The first-order chi connectivity index (χ1) is 35.0. The number of hydrogen-bond acceptors (Lipinski definition) is 6. The summed E-state index contributed by atoms with van der Waals surface area (Å²) in [4.78, 5) is 38.0. The van der Waals surface area contributed by atoms with Gasteiger partial charge in [0.2, 0.25) is 0 Å². The molecule has 0 heterocycles. The molecular formula is C65H118O6. The summed E-state index contributed by atoms with van der Waals surface area (Å²) in [6.07, 6.45) is 74.4. The molecule has 0 rings (SSSR count). The number of allylic oxidation sites excluding steroid dienone is 8. The number of carbonyl (C=O) groups excluding carboxylic acids is 3. The van der Waals surface area contributed by atoms with E-state index >= 15 is 0 Å². The Balaban J connectivity index is 3.95. The van der Waals surface area contributed by atoms with Gasteiger partial charge in [-0.15, -0.1) is 0 Å². The maximum Gasteiger partial charge on any atom is 0.306 e. The van der Waals surface area contributed by atoms with Gasteiger partial charge in [0, 0.05) is 19.3 Å². The van der Waals surface area contributed by atoms with E-state index in [4.69, 9.17) is 14.2 Å². The number of hydrogen-bond donors (Lipinski definition) is 0. The van der Waals surface area contributed by atoms with Crippen LogP contribution in [0.3, 0.4) is 0 Å². The third-order valence-corrected chi connectivity index (χ3v) is 13.8. The SMILES string of the molecule is CC/C=C\C/C=C\C/C=C\C/C=C\CCCCCCCCCCCCCCCCCCCCCCC(=O)OCC(COC(=O)CCCCCCCCCC)OC(=O)CCCCCCCCCCCCCC. The van der Waals surface area contributed by atoms with Gasteiger partial charge in [-0.3, -0.25) is 14.4 Å². The van der Waals surface area contributed by atoms with Gasteiger partial charge >= 0.3 is 17.9 Å². The molecule has 6 nitrogen and oxygen atoms in total. The number of unbranched alkanes of at least 4 members (excludes halogenated alkanes) is 38. The lowest BCUT2D eigenvalue weighted by atomic mass is 10.0. The Morgan fingerprint density at radius 3 is 0.859 bits per heavy atom. The Bertz CT molecular complexity index is 1230. The lowest BCUT2D eigenvalue weighted by Gasteiger charge is -2.18. The number of carbonyl (C=O) groups is 3. The first kappa shape index (κ1) is 68.4. The standard InChI is InChI=1S/C65H118O6/c1-4-7-10-13-16-19-21-23-24-25-26-27-28-29-30-31-32-33-34-35-36-37-38-39-40-41-42-43-45-46-49-52-55-58-64(67)70-61-62(60-69-63(66)57-54-51-48-18-15-12-9-6-3)71-65(68)59-56-53-50-47-44-22-20-17-14-11-8-5-2/h7,10,16,19,23-24,26-27,62H,4-6,8-9,11-15,17-18,20-22,25,28-61H2,1-3H3/b10-7-,19-16-,24-23-,27-26-. The molecule has 0 saturated heterocycles. The first-order valence-electron chi connectivity index (χ1n) is 31.1. The van der Waals surface area contributed by atoms with Crippen molar-refractivity contribution in [3.63, 3.8) is 0 Å². The molecule has 0 aromatic rings. The van der Waals surface area contributed by atoms with Gasteiger partial charge in [-0.05, 0) is 57.8 Å². The van der Waals surface area contributed by atoms with Crippen LogP contribution in [0.1, 0.15) is 329 Å². The summed E-state index contributed by atoms with van der Waals surface area (Å²) in [5.41, 5.74) is 0. The predicted octanol–water partition coefficient (Wildman–Crippen LogP) is 21.0.